The molecule has 1 N–H and O–H groups in total. The number of amides is 1. The molecule has 0 saturated carbocycles. The van der Waals surface area contributed by atoms with E-state index < -0.39 is 0 Å². The van der Waals surface area contributed by atoms with Crippen LogP contribution in [0, 0.1) is 0 Å². The van der Waals surface area contributed by atoms with Gasteiger partial charge in [0.25, 0.3) is 0 Å². The molecule has 0 saturated heterocycles. The monoisotopic (exact) mass is 428 g/mol. The Bertz CT molecular complexity index is 496. The lowest BCUT2D eigenvalue weighted by Crippen LogP contribution is -2.45. The molecular weight excluding hydrogens is 392 g/mol. The van der Waals surface area contributed by atoms with Crippen LogP contribution in [0.5, 0.6) is 0 Å². The van der Waals surface area contributed by atoms with Crippen LogP contribution in [0.15, 0.2) is 16.9 Å². The van der Waals surface area contributed by atoms with Gasteiger partial charge in [-0.1, -0.05) is 46.5 Å². The average Bonchev–Trinajstić information content (AvgIpc) is 3.01. The Labute approximate surface area is 168 Å². The summed E-state index contributed by atoms with van der Waals surface area (Å²) in [6.45, 7) is 11.8. The number of carbonyl (C=O) groups excluding carboxylic acids is 1. The van der Waals surface area contributed by atoms with Crippen LogP contribution in [-0.4, -0.2) is 46.3 Å². The topological polar surface area (TPSA) is 50.2 Å². The first-order valence-electron chi connectivity index (χ1n) is 10.2. The van der Waals surface area contributed by atoms with E-state index in [1.807, 2.05) is 13.1 Å². The normalized spacial score (nSPS) is 13.8. The molecule has 1 aromatic heterocycles. The second-order valence-corrected chi connectivity index (χ2v) is 8.10. The van der Waals surface area contributed by atoms with Gasteiger partial charge in [-0.25, -0.2) is 0 Å². The Kier molecular flexibility index (Phi) is 11.9. The second kappa shape index (κ2) is 13.3. The molecule has 6 heteroatoms. The zero-order valence-corrected chi connectivity index (χ0v) is 18.6. The maximum Gasteiger partial charge on any atom is 0.245 e. The van der Waals surface area contributed by atoms with Crippen molar-refractivity contribution < 1.29 is 4.79 Å². The van der Waals surface area contributed by atoms with E-state index in [-0.39, 0.29) is 18.0 Å². The van der Waals surface area contributed by atoms with Crippen LogP contribution < -0.4 is 5.32 Å². The Morgan fingerprint density at radius 3 is 2.27 bits per heavy atom. The maximum atomic E-state index is 12.7. The Morgan fingerprint density at radius 2 is 1.81 bits per heavy atom. The molecule has 2 unspecified atom stereocenters. The van der Waals surface area contributed by atoms with Gasteiger partial charge in [0.15, 0.2) is 0 Å². The maximum absolute atomic E-state index is 12.7. The van der Waals surface area contributed by atoms with Crippen LogP contribution in [0.1, 0.15) is 78.7 Å². The number of hydrogen-bond donors (Lipinski definition) is 1. The number of hydrogen-bond acceptors (Lipinski definition) is 3. The molecule has 2 atom stereocenters. The van der Waals surface area contributed by atoms with E-state index >= 15 is 0 Å². The molecule has 0 spiro atoms. The van der Waals surface area contributed by atoms with Gasteiger partial charge in [-0.3, -0.25) is 9.48 Å². The zero-order chi connectivity index (χ0) is 19.4. The van der Waals surface area contributed by atoms with Crippen molar-refractivity contribution >= 4 is 21.8 Å². The van der Waals surface area contributed by atoms with Gasteiger partial charge in [-0.15, -0.1) is 0 Å². The van der Waals surface area contributed by atoms with E-state index in [0.29, 0.717) is 0 Å². The minimum absolute atomic E-state index is 0.0534. The number of unbranched alkanes of at least 4 members (excludes halogenated alkanes) is 4. The Hall–Kier alpha value is -0.880. The lowest BCUT2D eigenvalue weighted by molar-refractivity contribution is -0.125. The number of halogens is 1. The van der Waals surface area contributed by atoms with Crippen molar-refractivity contribution in [2.45, 2.75) is 84.7 Å². The van der Waals surface area contributed by atoms with Crippen molar-refractivity contribution in [3.05, 3.63) is 16.9 Å². The summed E-state index contributed by atoms with van der Waals surface area (Å²) in [6, 6.07) is -0.115. The SMILES string of the molecule is CCCCCN(CCCCC)CC(C)NC(=O)C(CC)n1cc(Br)cn1. The summed E-state index contributed by atoms with van der Waals surface area (Å²) in [7, 11) is 0. The van der Waals surface area contributed by atoms with Crippen molar-refractivity contribution in [3.8, 4) is 0 Å². The molecule has 0 aromatic carbocycles. The molecule has 0 aliphatic heterocycles. The number of aromatic nitrogens is 2. The third-order valence-electron chi connectivity index (χ3n) is 4.66. The lowest BCUT2D eigenvalue weighted by Gasteiger charge is -2.27. The molecule has 1 aromatic rings. The number of rotatable bonds is 14. The van der Waals surface area contributed by atoms with Gasteiger partial charge in [0.1, 0.15) is 6.04 Å². The van der Waals surface area contributed by atoms with Gasteiger partial charge in [-0.2, -0.15) is 5.10 Å². The predicted molar refractivity (Wildman–Crippen MR) is 112 cm³/mol. The molecule has 26 heavy (non-hydrogen) atoms. The van der Waals surface area contributed by atoms with Crippen LogP contribution >= 0.6 is 15.9 Å². The fourth-order valence-electron chi connectivity index (χ4n) is 3.22. The Morgan fingerprint density at radius 1 is 1.19 bits per heavy atom. The molecule has 1 heterocycles. The quantitative estimate of drug-likeness (QED) is 0.433. The van der Waals surface area contributed by atoms with Crippen LogP contribution in [0.2, 0.25) is 0 Å². The highest BCUT2D eigenvalue weighted by Crippen LogP contribution is 2.15. The van der Waals surface area contributed by atoms with Gasteiger partial charge < -0.3 is 10.2 Å². The molecule has 1 rings (SSSR count). The molecule has 150 valence electrons. The fraction of sp³-hybridized carbons (Fsp3) is 0.800. The second-order valence-electron chi connectivity index (χ2n) is 7.19. The minimum atomic E-state index is -0.252. The van der Waals surface area contributed by atoms with E-state index in [9.17, 15) is 4.79 Å². The first-order chi connectivity index (χ1) is 12.5. The number of nitrogens with zero attached hydrogens (tertiary/aromatic N) is 3. The van der Waals surface area contributed by atoms with Gasteiger partial charge in [0, 0.05) is 18.8 Å². The van der Waals surface area contributed by atoms with Crippen molar-refractivity contribution in [2.75, 3.05) is 19.6 Å². The van der Waals surface area contributed by atoms with Crippen molar-refractivity contribution in [1.82, 2.24) is 20.0 Å². The van der Waals surface area contributed by atoms with E-state index in [1.54, 1.807) is 10.9 Å². The highest BCUT2D eigenvalue weighted by atomic mass is 79.9. The summed E-state index contributed by atoms with van der Waals surface area (Å²) in [5.74, 6) is 0.0534. The van der Waals surface area contributed by atoms with Gasteiger partial charge >= 0.3 is 0 Å². The van der Waals surface area contributed by atoms with Crippen LogP contribution in [0.25, 0.3) is 0 Å². The number of carbonyl (C=O) groups is 1. The zero-order valence-electron chi connectivity index (χ0n) is 17.0. The molecule has 0 aliphatic rings. The molecule has 0 fully saturated rings. The molecule has 5 nitrogen and oxygen atoms in total. The Balaban J connectivity index is 2.54. The minimum Gasteiger partial charge on any atom is -0.351 e. The van der Waals surface area contributed by atoms with Crippen LogP contribution in [0.4, 0.5) is 0 Å². The summed E-state index contributed by atoms with van der Waals surface area (Å²) in [5.41, 5.74) is 0. The summed E-state index contributed by atoms with van der Waals surface area (Å²) in [4.78, 5) is 15.2. The highest BCUT2D eigenvalue weighted by Gasteiger charge is 2.21. The molecule has 0 bridgehead atoms. The lowest BCUT2D eigenvalue weighted by atomic mass is 10.1. The third-order valence-corrected chi connectivity index (χ3v) is 5.06. The van der Waals surface area contributed by atoms with Crippen molar-refractivity contribution in [2.24, 2.45) is 0 Å². The summed E-state index contributed by atoms with van der Waals surface area (Å²) in [5, 5.41) is 7.47. The smallest absolute Gasteiger partial charge is 0.245 e. The van der Waals surface area contributed by atoms with Gasteiger partial charge in [-0.05, 0) is 55.2 Å². The molecule has 1 amide bonds. The van der Waals surface area contributed by atoms with E-state index in [2.05, 4.69) is 52.0 Å². The molecular formula is C20H37BrN4O. The van der Waals surface area contributed by atoms with Crippen molar-refractivity contribution in [1.29, 1.82) is 0 Å². The average molecular weight is 429 g/mol. The highest BCUT2D eigenvalue weighted by molar-refractivity contribution is 9.10. The van der Waals surface area contributed by atoms with Gasteiger partial charge in [0.05, 0.1) is 10.7 Å². The third kappa shape index (κ3) is 8.67. The summed E-state index contributed by atoms with van der Waals surface area (Å²) >= 11 is 3.40. The first-order valence-corrected chi connectivity index (χ1v) is 11.0. The van der Waals surface area contributed by atoms with Crippen LogP contribution in [0.3, 0.4) is 0 Å². The fourth-order valence-corrected chi connectivity index (χ4v) is 3.52. The van der Waals surface area contributed by atoms with E-state index in [1.165, 1.54) is 38.5 Å². The number of nitrogens with one attached hydrogen (secondary N) is 1. The molecule has 0 aliphatic carbocycles. The largest absolute Gasteiger partial charge is 0.351 e. The van der Waals surface area contributed by atoms with E-state index in [4.69, 9.17) is 0 Å². The van der Waals surface area contributed by atoms with Crippen LogP contribution in [-0.2, 0) is 4.79 Å². The van der Waals surface area contributed by atoms with Crippen molar-refractivity contribution in [3.63, 3.8) is 0 Å². The van der Waals surface area contributed by atoms with Gasteiger partial charge in [0.2, 0.25) is 5.91 Å². The first kappa shape index (κ1) is 23.2. The van der Waals surface area contributed by atoms with E-state index in [0.717, 1.165) is 30.5 Å². The summed E-state index contributed by atoms with van der Waals surface area (Å²) < 4.78 is 2.64. The standard InChI is InChI=1S/C20H37BrN4O/c1-5-8-10-12-24(13-11-9-6-2)15-17(4)23-20(26)19(7-3)25-16-18(21)14-22-25/h14,16-17,19H,5-13,15H2,1-4H3,(H,23,26). The predicted octanol–water partition coefficient (Wildman–Crippen LogP) is 4.78. The summed E-state index contributed by atoms with van der Waals surface area (Å²) in [6.07, 6.45) is 11.8. The molecule has 0 radical (unpaired) electrons.